The summed E-state index contributed by atoms with van der Waals surface area (Å²) in [7, 11) is 0. The summed E-state index contributed by atoms with van der Waals surface area (Å²) >= 11 is 0. The van der Waals surface area contributed by atoms with Crippen molar-refractivity contribution in [2.24, 2.45) is 0 Å². The van der Waals surface area contributed by atoms with Gasteiger partial charge < -0.3 is 9.80 Å². The molecule has 0 aliphatic rings. The van der Waals surface area contributed by atoms with E-state index in [0.717, 1.165) is 34.1 Å². The Morgan fingerprint density at radius 1 is 0.278 bits per heavy atom. The molecule has 0 aliphatic carbocycles. The average molecular weight is 701 g/mol. The van der Waals surface area contributed by atoms with Gasteiger partial charge in [-0.25, -0.2) is 0 Å². The van der Waals surface area contributed by atoms with E-state index in [9.17, 15) is 0 Å². The molecular formula is C52H48N2. The van der Waals surface area contributed by atoms with E-state index in [1.165, 1.54) is 55.6 Å². The second-order valence-electron chi connectivity index (χ2n) is 14.4. The lowest BCUT2D eigenvalue weighted by Crippen LogP contribution is -2.10. The molecule has 2 nitrogen and oxygen atoms in total. The fraction of sp³-hybridized carbons (Fsp3) is 0.115. The van der Waals surface area contributed by atoms with Crippen LogP contribution in [0.5, 0.6) is 0 Å². The molecule has 54 heavy (non-hydrogen) atoms. The number of benzene rings is 7. The van der Waals surface area contributed by atoms with E-state index in [-0.39, 0.29) is 0 Å². The predicted molar refractivity (Wildman–Crippen MR) is 235 cm³/mol. The predicted octanol–water partition coefficient (Wildman–Crippen LogP) is 14.8. The third-order valence-electron chi connectivity index (χ3n) is 9.94. The molecule has 0 unspecified atom stereocenters. The number of aryl methyl sites for hydroxylation is 6. The third-order valence-corrected chi connectivity index (χ3v) is 9.94. The summed E-state index contributed by atoms with van der Waals surface area (Å²) in [5.74, 6) is 0. The van der Waals surface area contributed by atoms with Gasteiger partial charge in [-0.05, 0) is 170 Å². The summed E-state index contributed by atoms with van der Waals surface area (Å²) in [6.45, 7) is 13.0. The van der Waals surface area contributed by atoms with Crippen molar-refractivity contribution in [2.75, 3.05) is 9.80 Å². The van der Waals surface area contributed by atoms with Gasteiger partial charge in [0.15, 0.2) is 0 Å². The molecule has 0 aromatic heterocycles. The van der Waals surface area contributed by atoms with Crippen LogP contribution in [0.4, 0.5) is 34.1 Å². The van der Waals surface area contributed by atoms with Gasteiger partial charge in [0.05, 0.1) is 0 Å². The number of anilines is 6. The van der Waals surface area contributed by atoms with Crippen LogP contribution in [0, 0.1) is 41.5 Å². The van der Waals surface area contributed by atoms with Gasteiger partial charge in [0.2, 0.25) is 0 Å². The molecule has 0 saturated carbocycles. The van der Waals surface area contributed by atoms with Crippen LogP contribution in [-0.2, 0) is 0 Å². The smallest absolute Gasteiger partial charge is 0.0464 e. The first-order valence-electron chi connectivity index (χ1n) is 18.8. The van der Waals surface area contributed by atoms with E-state index < -0.39 is 0 Å². The fourth-order valence-electron chi connectivity index (χ4n) is 7.11. The van der Waals surface area contributed by atoms with Crippen LogP contribution in [0.1, 0.15) is 55.6 Å². The van der Waals surface area contributed by atoms with Crippen LogP contribution in [0.2, 0.25) is 0 Å². The summed E-state index contributed by atoms with van der Waals surface area (Å²) in [4.78, 5) is 4.69. The molecule has 0 aliphatic heterocycles. The number of rotatable bonds is 10. The Morgan fingerprint density at radius 3 is 0.870 bits per heavy atom. The summed E-state index contributed by atoms with van der Waals surface area (Å²) in [5, 5.41) is 0. The summed E-state index contributed by atoms with van der Waals surface area (Å²) in [6.07, 6.45) is 8.94. The molecule has 2 heteroatoms. The van der Waals surface area contributed by atoms with Gasteiger partial charge in [-0.15, -0.1) is 0 Å². The van der Waals surface area contributed by atoms with Gasteiger partial charge in [-0.2, -0.15) is 0 Å². The number of hydrogen-bond acceptors (Lipinski definition) is 2. The van der Waals surface area contributed by atoms with Crippen molar-refractivity contribution in [1.82, 2.24) is 0 Å². The molecule has 7 aromatic rings. The molecule has 0 radical (unpaired) electrons. The SMILES string of the molecule is Cc1cccc(N(c2cccc(C)c2)c2ccc(/C=C/c3ccccc3/C=C/c3ccc(N(c4cccc(C)c4)c4cccc(C)c4)cc3C)c(C)c2)c1. The van der Waals surface area contributed by atoms with Crippen molar-refractivity contribution < 1.29 is 0 Å². The molecule has 0 amide bonds. The van der Waals surface area contributed by atoms with E-state index in [0.29, 0.717) is 0 Å². The van der Waals surface area contributed by atoms with E-state index in [4.69, 9.17) is 0 Å². The zero-order valence-corrected chi connectivity index (χ0v) is 32.2. The molecule has 7 rings (SSSR count). The van der Waals surface area contributed by atoms with Crippen molar-refractivity contribution in [1.29, 1.82) is 0 Å². The molecule has 0 fully saturated rings. The highest BCUT2D eigenvalue weighted by molar-refractivity contribution is 5.84. The maximum Gasteiger partial charge on any atom is 0.0464 e. The molecule has 0 bridgehead atoms. The zero-order valence-electron chi connectivity index (χ0n) is 32.2. The first-order valence-corrected chi connectivity index (χ1v) is 18.8. The van der Waals surface area contributed by atoms with Gasteiger partial charge in [-0.1, -0.05) is 109 Å². The Kier molecular flexibility index (Phi) is 10.7. The monoisotopic (exact) mass is 700 g/mol. The van der Waals surface area contributed by atoms with Crippen molar-refractivity contribution in [3.8, 4) is 0 Å². The first-order chi connectivity index (χ1) is 26.2. The maximum absolute atomic E-state index is 2.35. The van der Waals surface area contributed by atoms with E-state index in [1.54, 1.807) is 0 Å². The molecule has 0 spiro atoms. The second kappa shape index (κ2) is 16.1. The standard InChI is InChI=1S/C52H48N2/c1-37-13-9-19-47(31-37)53(48-20-10-14-38(2)32-48)51-29-27-43(41(5)35-51)23-25-45-17-7-8-18-46(45)26-24-44-28-30-52(36-42(44)6)54(49-21-11-15-39(3)33-49)50-22-12-16-40(4)34-50/h7-36H,1-6H3/b25-23+,26-24+. The quantitative estimate of drug-likeness (QED) is 0.131. The summed E-state index contributed by atoms with van der Waals surface area (Å²) < 4.78 is 0. The molecule has 0 saturated heterocycles. The van der Waals surface area contributed by atoms with Crippen molar-refractivity contribution in [3.63, 3.8) is 0 Å². The van der Waals surface area contributed by atoms with Crippen LogP contribution in [0.25, 0.3) is 24.3 Å². The highest BCUT2D eigenvalue weighted by Gasteiger charge is 2.15. The number of nitrogens with zero attached hydrogens (tertiary/aromatic N) is 2. The molecule has 0 heterocycles. The van der Waals surface area contributed by atoms with Gasteiger partial charge in [0.1, 0.15) is 0 Å². The summed E-state index contributed by atoms with van der Waals surface area (Å²) in [5.41, 5.74) is 19.1. The molecular weight excluding hydrogens is 653 g/mol. The number of hydrogen-bond donors (Lipinski definition) is 0. The van der Waals surface area contributed by atoms with Crippen LogP contribution < -0.4 is 9.80 Å². The van der Waals surface area contributed by atoms with Crippen molar-refractivity contribution >= 4 is 58.4 Å². The highest BCUT2D eigenvalue weighted by Crippen LogP contribution is 2.38. The minimum atomic E-state index is 1.14. The molecule has 7 aromatic carbocycles. The molecule has 0 N–H and O–H groups in total. The normalized spacial score (nSPS) is 11.4. The Balaban J connectivity index is 1.14. The van der Waals surface area contributed by atoms with Crippen molar-refractivity contribution in [3.05, 3.63) is 213 Å². The lowest BCUT2D eigenvalue weighted by atomic mass is 10.0. The minimum Gasteiger partial charge on any atom is -0.310 e. The molecule has 0 atom stereocenters. The maximum atomic E-state index is 2.35. The Labute approximate surface area is 322 Å². The largest absolute Gasteiger partial charge is 0.310 e. The highest BCUT2D eigenvalue weighted by atomic mass is 15.1. The van der Waals surface area contributed by atoms with Crippen LogP contribution in [0.15, 0.2) is 158 Å². The van der Waals surface area contributed by atoms with E-state index in [1.807, 2.05) is 0 Å². The lowest BCUT2D eigenvalue weighted by Gasteiger charge is -2.26. The van der Waals surface area contributed by atoms with Crippen LogP contribution in [-0.4, -0.2) is 0 Å². The molecule has 266 valence electrons. The second-order valence-corrected chi connectivity index (χ2v) is 14.4. The topological polar surface area (TPSA) is 6.48 Å². The lowest BCUT2D eigenvalue weighted by molar-refractivity contribution is 1.25. The fourth-order valence-corrected chi connectivity index (χ4v) is 7.11. The van der Waals surface area contributed by atoms with Crippen molar-refractivity contribution in [2.45, 2.75) is 41.5 Å². The van der Waals surface area contributed by atoms with Gasteiger partial charge >= 0.3 is 0 Å². The average Bonchev–Trinajstić information content (AvgIpc) is 3.15. The van der Waals surface area contributed by atoms with Crippen LogP contribution in [0.3, 0.4) is 0 Å². The Morgan fingerprint density at radius 2 is 0.574 bits per heavy atom. The minimum absolute atomic E-state index is 1.14. The van der Waals surface area contributed by atoms with Gasteiger partial charge in [-0.3, -0.25) is 0 Å². The first kappa shape index (κ1) is 36.0. The van der Waals surface area contributed by atoms with E-state index >= 15 is 0 Å². The van der Waals surface area contributed by atoms with Gasteiger partial charge in [0.25, 0.3) is 0 Å². The van der Waals surface area contributed by atoms with Gasteiger partial charge in [0, 0.05) is 34.1 Å². The summed E-state index contributed by atoms with van der Waals surface area (Å²) in [6, 6.07) is 57.0. The zero-order chi connectivity index (χ0) is 37.6. The Bertz CT molecular complexity index is 2220. The van der Waals surface area contributed by atoms with Crippen LogP contribution >= 0.6 is 0 Å². The Hall–Kier alpha value is -6.38. The van der Waals surface area contributed by atoms with E-state index in [2.05, 4.69) is 233 Å². The third kappa shape index (κ3) is 8.30.